The Balaban J connectivity index is 1.74. The number of rotatable bonds is 8. The lowest BCUT2D eigenvalue weighted by atomic mass is 10.0. The van der Waals surface area contributed by atoms with E-state index in [1.165, 1.54) is 31.2 Å². The van der Waals surface area contributed by atoms with Gasteiger partial charge in [0.05, 0.1) is 13.2 Å². The highest BCUT2D eigenvalue weighted by molar-refractivity contribution is 5.85. The van der Waals surface area contributed by atoms with Gasteiger partial charge < -0.3 is 20.3 Å². The van der Waals surface area contributed by atoms with Crippen LogP contribution in [0, 0.1) is 0 Å². The smallest absolute Gasteiger partial charge is 0.243 e. The number of likely N-dealkylation sites (tertiary alicyclic amines) is 1. The van der Waals surface area contributed by atoms with Crippen molar-refractivity contribution >= 4 is 11.9 Å². The quantitative estimate of drug-likeness (QED) is 0.504. The molecule has 0 aromatic heterocycles. The van der Waals surface area contributed by atoms with Gasteiger partial charge in [-0.1, -0.05) is 31.0 Å². The lowest BCUT2D eigenvalue weighted by Gasteiger charge is -2.30. The third-order valence-electron chi connectivity index (χ3n) is 6.11. The summed E-state index contributed by atoms with van der Waals surface area (Å²) in [6.45, 7) is 3.05. The molecule has 7 nitrogen and oxygen atoms in total. The number of methoxy groups -OCH3 is 1. The summed E-state index contributed by atoms with van der Waals surface area (Å²) in [5.74, 6) is 1.65. The monoisotopic (exact) mass is 415 g/mol. The fourth-order valence-electron chi connectivity index (χ4n) is 4.33. The Bertz CT molecular complexity index is 709. The Morgan fingerprint density at radius 1 is 1.20 bits per heavy atom. The molecule has 2 fully saturated rings. The van der Waals surface area contributed by atoms with Gasteiger partial charge in [0.15, 0.2) is 5.96 Å². The minimum Gasteiger partial charge on any atom is -0.496 e. The van der Waals surface area contributed by atoms with Crippen LogP contribution >= 0.6 is 0 Å². The molecular formula is C23H37N5O2. The number of nitrogens with zero attached hydrogens (tertiary/aromatic N) is 3. The van der Waals surface area contributed by atoms with Crippen molar-refractivity contribution in [1.29, 1.82) is 0 Å². The predicted molar refractivity (Wildman–Crippen MR) is 121 cm³/mol. The average Bonchev–Trinajstić information content (AvgIpc) is 3.46. The molecule has 1 atom stereocenters. The predicted octanol–water partition coefficient (Wildman–Crippen LogP) is 2.40. The van der Waals surface area contributed by atoms with Gasteiger partial charge in [-0.15, -0.1) is 0 Å². The second-order valence-corrected chi connectivity index (χ2v) is 8.46. The zero-order chi connectivity index (χ0) is 21.3. The molecule has 30 heavy (non-hydrogen) atoms. The number of hydrogen-bond acceptors (Lipinski definition) is 4. The van der Waals surface area contributed by atoms with Crippen LogP contribution in [0.5, 0.6) is 5.75 Å². The number of hydrogen-bond donors (Lipinski definition) is 2. The Morgan fingerprint density at radius 2 is 1.90 bits per heavy atom. The molecule has 2 N–H and O–H groups in total. The fourth-order valence-corrected chi connectivity index (χ4v) is 4.33. The Morgan fingerprint density at radius 3 is 2.57 bits per heavy atom. The summed E-state index contributed by atoms with van der Waals surface area (Å²) in [7, 11) is 5.26. The van der Waals surface area contributed by atoms with Crippen LogP contribution in [0.15, 0.2) is 29.3 Å². The fraction of sp³-hybridized carbons (Fsp3) is 0.652. The van der Waals surface area contributed by atoms with Crippen molar-refractivity contribution in [2.24, 2.45) is 4.99 Å². The molecule has 1 saturated heterocycles. The Kier molecular flexibility index (Phi) is 8.37. The van der Waals surface area contributed by atoms with E-state index < -0.39 is 0 Å². The van der Waals surface area contributed by atoms with Gasteiger partial charge in [0.1, 0.15) is 12.3 Å². The van der Waals surface area contributed by atoms with Crippen LogP contribution in [0.2, 0.25) is 0 Å². The van der Waals surface area contributed by atoms with E-state index in [2.05, 4.69) is 32.7 Å². The average molecular weight is 416 g/mol. The molecule has 1 unspecified atom stereocenters. The van der Waals surface area contributed by atoms with Crippen LogP contribution in [0.4, 0.5) is 0 Å². The van der Waals surface area contributed by atoms with Gasteiger partial charge in [-0.3, -0.25) is 9.69 Å². The molecular weight excluding hydrogens is 378 g/mol. The third kappa shape index (κ3) is 6.11. The van der Waals surface area contributed by atoms with Gasteiger partial charge in [-0.25, -0.2) is 4.99 Å². The molecule has 1 aliphatic carbocycles. The normalized spacial score (nSPS) is 19.0. The van der Waals surface area contributed by atoms with Crippen LogP contribution in [-0.4, -0.2) is 75.1 Å². The molecule has 0 bridgehead atoms. The van der Waals surface area contributed by atoms with Gasteiger partial charge in [0, 0.05) is 32.2 Å². The number of likely N-dealkylation sites (N-methyl/N-ethyl adjacent to an activating group) is 1. The van der Waals surface area contributed by atoms with Crippen molar-refractivity contribution in [1.82, 2.24) is 20.4 Å². The summed E-state index contributed by atoms with van der Waals surface area (Å²) in [6, 6.07) is 8.90. The highest BCUT2D eigenvalue weighted by Crippen LogP contribution is 2.31. The number of carbonyl (C=O) groups is 1. The van der Waals surface area contributed by atoms with Crippen molar-refractivity contribution in [3.05, 3.63) is 29.8 Å². The first-order chi connectivity index (χ1) is 14.6. The zero-order valence-corrected chi connectivity index (χ0v) is 18.7. The van der Waals surface area contributed by atoms with E-state index in [4.69, 9.17) is 4.74 Å². The number of amides is 1. The van der Waals surface area contributed by atoms with Gasteiger partial charge >= 0.3 is 0 Å². The molecule has 1 amide bonds. The maximum atomic E-state index is 12.1. The SMILES string of the molecule is COc1ccccc1C(CNC(=NCC(=O)N(C)C)NC1CCCC1)N1CCCC1. The Labute approximate surface area is 180 Å². The molecule has 1 aliphatic heterocycles. The second-order valence-electron chi connectivity index (χ2n) is 8.46. The van der Waals surface area contributed by atoms with E-state index in [-0.39, 0.29) is 18.5 Å². The van der Waals surface area contributed by atoms with Crippen LogP contribution in [0.3, 0.4) is 0 Å². The van der Waals surface area contributed by atoms with Crippen LogP contribution in [0.25, 0.3) is 0 Å². The molecule has 1 saturated carbocycles. The standard InChI is InChI=1S/C23H37N5O2/c1-27(2)22(29)17-25-23(26-18-10-4-5-11-18)24-16-20(28-14-8-9-15-28)19-12-6-7-13-21(19)30-3/h6-7,12-13,18,20H,4-5,8-11,14-17H2,1-3H3,(H2,24,25,26). The van der Waals surface area contributed by atoms with Crippen LogP contribution < -0.4 is 15.4 Å². The Hall–Kier alpha value is -2.28. The molecule has 1 aromatic carbocycles. The largest absolute Gasteiger partial charge is 0.496 e. The highest BCUT2D eigenvalue weighted by atomic mass is 16.5. The van der Waals surface area contributed by atoms with Crippen LogP contribution in [-0.2, 0) is 4.79 Å². The van der Waals surface area contributed by atoms with Crippen molar-refractivity contribution in [2.45, 2.75) is 50.6 Å². The molecule has 0 spiro atoms. The van der Waals surface area contributed by atoms with E-state index in [1.807, 2.05) is 12.1 Å². The second kappa shape index (κ2) is 11.2. The molecule has 7 heteroatoms. The highest BCUT2D eigenvalue weighted by Gasteiger charge is 2.26. The molecule has 0 radical (unpaired) electrons. The number of ether oxygens (including phenoxy) is 1. The van der Waals surface area contributed by atoms with Crippen molar-refractivity contribution in [3.63, 3.8) is 0 Å². The minimum atomic E-state index is 0.00310. The molecule has 1 heterocycles. The number of aliphatic imine (C=N–C) groups is 1. The lowest BCUT2D eigenvalue weighted by Crippen LogP contribution is -2.46. The number of guanidine groups is 1. The minimum absolute atomic E-state index is 0.00310. The molecule has 2 aliphatic rings. The molecule has 3 rings (SSSR count). The summed E-state index contributed by atoms with van der Waals surface area (Å²) in [5, 5.41) is 7.09. The summed E-state index contributed by atoms with van der Waals surface area (Å²) in [4.78, 5) is 20.8. The number of para-hydroxylation sites is 1. The summed E-state index contributed by atoms with van der Waals surface area (Å²) >= 11 is 0. The van der Waals surface area contributed by atoms with Crippen molar-refractivity contribution in [3.8, 4) is 5.75 Å². The van der Waals surface area contributed by atoms with E-state index >= 15 is 0 Å². The van der Waals surface area contributed by atoms with Gasteiger partial charge in [0.25, 0.3) is 0 Å². The molecule has 1 aromatic rings. The number of carbonyl (C=O) groups excluding carboxylic acids is 1. The summed E-state index contributed by atoms with van der Waals surface area (Å²) in [6.07, 6.45) is 7.27. The molecule has 166 valence electrons. The van der Waals surface area contributed by atoms with E-state index in [0.717, 1.165) is 44.2 Å². The lowest BCUT2D eigenvalue weighted by molar-refractivity contribution is -0.127. The van der Waals surface area contributed by atoms with Gasteiger partial charge in [-0.05, 0) is 44.8 Å². The first-order valence-electron chi connectivity index (χ1n) is 11.2. The summed E-state index contributed by atoms with van der Waals surface area (Å²) in [5.41, 5.74) is 1.19. The zero-order valence-electron chi connectivity index (χ0n) is 18.7. The van der Waals surface area contributed by atoms with Gasteiger partial charge in [-0.2, -0.15) is 0 Å². The van der Waals surface area contributed by atoms with Crippen molar-refractivity contribution in [2.75, 3.05) is 47.4 Å². The first-order valence-corrected chi connectivity index (χ1v) is 11.2. The number of nitrogens with one attached hydrogen (secondary N) is 2. The number of benzene rings is 1. The topological polar surface area (TPSA) is 69.2 Å². The third-order valence-corrected chi connectivity index (χ3v) is 6.11. The van der Waals surface area contributed by atoms with E-state index in [0.29, 0.717) is 6.04 Å². The summed E-state index contributed by atoms with van der Waals surface area (Å²) < 4.78 is 5.66. The van der Waals surface area contributed by atoms with E-state index in [9.17, 15) is 4.79 Å². The first kappa shape index (κ1) is 22.4. The van der Waals surface area contributed by atoms with Crippen molar-refractivity contribution < 1.29 is 9.53 Å². The van der Waals surface area contributed by atoms with Crippen LogP contribution in [0.1, 0.15) is 50.1 Å². The maximum absolute atomic E-state index is 12.1. The maximum Gasteiger partial charge on any atom is 0.243 e. The van der Waals surface area contributed by atoms with E-state index in [1.54, 1.807) is 26.1 Å². The van der Waals surface area contributed by atoms with Gasteiger partial charge in [0.2, 0.25) is 5.91 Å².